The Kier molecular flexibility index (Phi) is 8.87. The van der Waals surface area contributed by atoms with E-state index in [1.54, 1.807) is 7.11 Å². The number of rotatable bonds is 11. The second kappa shape index (κ2) is 12.3. The predicted molar refractivity (Wildman–Crippen MR) is 164 cm³/mol. The van der Waals surface area contributed by atoms with Gasteiger partial charge < -0.3 is 19.5 Å². The average molecular weight is 524 g/mol. The smallest absolute Gasteiger partial charge is 0.204 e. The van der Waals surface area contributed by atoms with E-state index in [-0.39, 0.29) is 13.0 Å². The largest absolute Gasteiger partial charge is 0.377 e. The van der Waals surface area contributed by atoms with Crippen LogP contribution < -0.4 is 10.2 Å². The van der Waals surface area contributed by atoms with Crippen LogP contribution >= 0.6 is 0 Å². The Labute approximate surface area is 232 Å². The van der Waals surface area contributed by atoms with Crippen LogP contribution in [0.2, 0.25) is 0 Å². The molecule has 204 valence electrons. The van der Waals surface area contributed by atoms with Crippen LogP contribution in [0.25, 0.3) is 21.9 Å². The maximum Gasteiger partial charge on any atom is 0.204 e. The molecule has 0 aliphatic carbocycles. The van der Waals surface area contributed by atoms with Crippen molar-refractivity contribution in [1.82, 2.24) is 14.5 Å². The molecule has 0 aliphatic heterocycles. The maximum atomic E-state index is 5.86. The van der Waals surface area contributed by atoms with Crippen LogP contribution in [0.5, 0.6) is 0 Å². The van der Waals surface area contributed by atoms with Gasteiger partial charge in [0, 0.05) is 32.1 Å². The lowest BCUT2D eigenvalue weighted by atomic mass is 10.1. The molecule has 0 saturated carbocycles. The lowest BCUT2D eigenvalue weighted by Gasteiger charge is -2.26. The van der Waals surface area contributed by atoms with Gasteiger partial charge in [0.1, 0.15) is 5.52 Å². The summed E-state index contributed by atoms with van der Waals surface area (Å²) in [6.45, 7) is 9.36. The van der Waals surface area contributed by atoms with Crippen LogP contribution in [0.4, 0.5) is 11.8 Å². The number of hydrogen-bond donors (Lipinski definition) is 1. The summed E-state index contributed by atoms with van der Waals surface area (Å²) in [5, 5.41) is 4.67. The first-order valence-electron chi connectivity index (χ1n) is 13.4. The van der Waals surface area contributed by atoms with Gasteiger partial charge in [0.2, 0.25) is 5.95 Å². The highest BCUT2D eigenvalue weighted by molar-refractivity contribution is 6.08. The minimum absolute atomic E-state index is 0. The Hall–Kier alpha value is -3.90. The molecule has 1 N–H and O–H groups in total. The highest BCUT2D eigenvalue weighted by atomic mass is 16.5. The second-order valence-corrected chi connectivity index (χ2v) is 10.4. The summed E-state index contributed by atoms with van der Waals surface area (Å²) in [7, 11) is 1.77. The molecule has 39 heavy (non-hydrogen) atoms. The van der Waals surface area contributed by atoms with Crippen molar-refractivity contribution in [3.8, 4) is 0 Å². The third-order valence-electron chi connectivity index (χ3n) is 6.92. The third kappa shape index (κ3) is 6.23. The van der Waals surface area contributed by atoms with Gasteiger partial charge >= 0.3 is 0 Å². The highest BCUT2D eigenvalue weighted by Crippen LogP contribution is 2.36. The molecule has 2 aromatic heterocycles. The Bertz CT molecular complexity index is 1450. The van der Waals surface area contributed by atoms with Crippen molar-refractivity contribution in [3.63, 3.8) is 0 Å². The summed E-state index contributed by atoms with van der Waals surface area (Å²) in [4.78, 5) is 12.8. The van der Waals surface area contributed by atoms with Gasteiger partial charge in [0.05, 0.1) is 23.2 Å². The molecule has 6 nitrogen and oxygen atoms in total. The molecule has 0 bridgehead atoms. The molecular weight excluding hydrogens is 482 g/mol. The number of anilines is 2. The summed E-state index contributed by atoms with van der Waals surface area (Å²) in [6, 6.07) is 29.5. The van der Waals surface area contributed by atoms with E-state index < -0.39 is 0 Å². The molecule has 0 saturated heterocycles. The van der Waals surface area contributed by atoms with Crippen LogP contribution in [0.1, 0.15) is 45.7 Å². The number of imidazole rings is 1. The lowest BCUT2D eigenvalue weighted by Crippen LogP contribution is -2.29. The van der Waals surface area contributed by atoms with Crippen molar-refractivity contribution in [2.45, 2.75) is 59.9 Å². The fraction of sp³-hybridized carbons (Fsp3) is 0.333. The Morgan fingerprint density at radius 3 is 2.03 bits per heavy atom. The van der Waals surface area contributed by atoms with E-state index in [1.807, 2.05) is 0 Å². The van der Waals surface area contributed by atoms with Gasteiger partial charge in [-0.1, -0.05) is 93.2 Å². The van der Waals surface area contributed by atoms with Crippen molar-refractivity contribution in [2.24, 2.45) is 0 Å². The zero-order valence-electron chi connectivity index (χ0n) is 22.8. The van der Waals surface area contributed by atoms with Crippen LogP contribution in [-0.2, 0) is 24.4 Å². The number of aromatic nitrogens is 3. The number of methoxy groups -OCH3 is 1. The number of pyridine rings is 1. The van der Waals surface area contributed by atoms with E-state index in [2.05, 4.69) is 120 Å². The minimum Gasteiger partial charge on any atom is -0.377 e. The first-order chi connectivity index (χ1) is 18.5. The molecule has 0 radical (unpaired) electrons. The van der Waals surface area contributed by atoms with E-state index in [1.165, 1.54) is 11.1 Å². The van der Waals surface area contributed by atoms with Gasteiger partial charge in [-0.25, -0.2) is 9.97 Å². The van der Waals surface area contributed by atoms with E-state index in [0.717, 1.165) is 59.8 Å². The van der Waals surface area contributed by atoms with E-state index >= 15 is 0 Å². The summed E-state index contributed by atoms with van der Waals surface area (Å²) >= 11 is 0. The fourth-order valence-corrected chi connectivity index (χ4v) is 4.83. The lowest BCUT2D eigenvalue weighted by molar-refractivity contribution is 0.00947. The number of ether oxygens (including phenoxy) is 1. The van der Waals surface area contributed by atoms with E-state index in [4.69, 9.17) is 14.7 Å². The number of benzene rings is 3. The normalized spacial score (nSPS) is 11.5. The van der Waals surface area contributed by atoms with Crippen molar-refractivity contribution < 1.29 is 4.74 Å². The molecule has 6 heteroatoms. The molecule has 2 heterocycles. The third-order valence-corrected chi connectivity index (χ3v) is 6.92. The SMILES string of the molecule is C.CCCNc1nc2c(N(Cc3ccccc3)Cc3ccccc3)nc3ccccc3c2n1CC(C)(C)OC. The quantitative estimate of drug-likeness (QED) is 0.192. The van der Waals surface area contributed by atoms with Gasteiger partial charge in [-0.15, -0.1) is 0 Å². The molecule has 0 unspecified atom stereocenters. The number of para-hydroxylation sites is 1. The maximum absolute atomic E-state index is 5.86. The van der Waals surface area contributed by atoms with Gasteiger partial charge in [-0.3, -0.25) is 0 Å². The Balaban J connectivity index is 0.00000353. The van der Waals surface area contributed by atoms with Gasteiger partial charge in [0.15, 0.2) is 5.82 Å². The highest BCUT2D eigenvalue weighted by Gasteiger charge is 2.26. The molecule has 0 amide bonds. The second-order valence-electron chi connectivity index (χ2n) is 10.4. The summed E-state index contributed by atoms with van der Waals surface area (Å²) in [6.07, 6.45) is 1.01. The van der Waals surface area contributed by atoms with Gasteiger partial charge in [-0.2, -0.15) is 0 Å². The number of fused-ring (bicyclic) bond motifs is 3. The van der Waals surface area contributed by atoms with Gasteiger partial charge in [-0.05, 0) is 37.5 Å². The van der Waals surface area contributed by atoms with Crippen molar-refractivity contribution in [2.75, 3.05) is 23.9 Å². The van der Waals surface area contributed by atoms with Crippen molar-refractivity contribution in [1.29, 1.82) is 0 Å². The Morgan fingerprint density at radius 2 is 1.44 bits per heavy atom. The summed E-state index contributed by atoms with van der Waals surface area (Å²) in [5.74, 6) is 1.74. The molecule has 3 aromatic carbocycles. The molecule has 5 rings (SSSR count). The Morgan fingerprint density at radius 1 is 0.846 bits per heavy atom. The van der Waals surface area contributed by atoms with Crippen molar-refractivity contribution >= 4 is 33.7 Å². The first-order valence-corrected chi connectivity index (χ1v) is 13.4. The average Bonchev–Trinajstić information content (AvgIpc) is 3.29. The molecule has 0 fully saturated rings. The van der Waals surface area contributed by atoms with Crippen LogP contribution in [-0.4, -0.2) is 33.8 Å². The number of nitrogens with one attached hydrogen (secondary N) is 1. The first kappa shape index (κ1) is 28.1. The molecule has 0 aliphatic rings. The fourth-order valence-electron chi connectivity index (χ4n) is 4.83. The van der Waals surface area contributed by atoms with Crippen LogP contribution in [0, 0.1) is 0 Å². The minimum atomic E-state index is -0.366. The zero-order chi connectivity index (χ0) is 26.5. The summed E-state index contributed by atoms with van der Waals surface area (Å²) < 4.78 is 8.15. The summed E-state index contributed by atoms with van der Waals surface area (Å²) in [5.41, 5.74) is 5.04. The molecular formula is C33H41N5O. The van der Waals surface area contributed by atoms with E-state index in [0.29, 0.717) is 6.54 Å². The molecule has 0 spiro atoms. The topological polar surface area (TPSA) is 55.2 Å². The standard InChI is InChI=1S/C32H37N5O.CH4/c1-5-20-33-31-35-28-29(37(31)23-32(2,3)38-4)26-18-12-13-19-27(26)34-30(28)36(21-24-14-8-6-9-15-24)22-25-16-10-7-11-17-25;/h6-19H,5,20-23H2,1-4H3,(H,33,35);1H4. The molecule has 5 aromatic rings. The molecule has 0 atom stereocenters. The number of nitrogens with zero attached hydrogens (tertiary/aromatic N) is 4. The number of hydrogen-bond acceptors (Lipinski definition) is 5. The predicted octanol–water partition coefficient (Wildman–Crippen LogP) is 7.67. The van der Waals surface area contributed by atoms with Gasteiger partial charge in [0.25, 0.3) is 0 Å². The zero-order valence-corrected chi connectivity index (χ0v) is 22.8. The van der Waals surface area contributed by atoms with Crippen molar-refractivity contribution in [3.05, 3.63) is 96.1 Å². The monoisotopic (exact) mass is 523 g/mol. The van der Waals surface area contributed by atoms with Crippen LogP contribution in [0.3, 0.4) is 0 Å². The van der Waals surface area contributed by atoms with E-state index in [9.17, 15) is 0 Å². The van der Waals surface area contributed by atoms with Crippen LogP contribution in [0.15, 0.2) is 84.9 Å².